The lowest BCUT2D eigenvalue weighted by Gasteiger charge is -2.07. The maximum atomic E-state index is 10.5. The van der Waals surface area contributed by atoms with E-state index >= 15 is 0 Å². The normalized spacial score (nSPS) is 11.3. The highest BCUT2D eigenvalue weighted by atomic mass is 16.6. The molecule has 0 saturated carbocycles. The molecule has 4 nitrogen and oxygen atoms in total. The highest BCUT2D eigenvalue weighted by molar-refractivity contribution is 5.70. The van der Waals surface area contributed by atoms with Crippen molar-refractivity contribution in [3.63, 3.8) is 0 Å². The van der Waals surface area contributed by atoms with Crippen molar-refractivity contribution in [2.45, 2.75) is 18.9 Å². The van der Waals surface area contributed by atoms with E-state index < -0.39 is 18.7 Å². The largest absolute Gasteiger partial charge is 0.445 e. The Balaban J connectivity index is 3.76. The minimum atomic E-state index is -0.775. The van der Waals surface area contributed by atoms with Crippen LogP contribution >= 0.6 is 0 Å². The summed E-state index contributed by atoms with van der Waals surface area (Å²) in [6.45, 7) is 2.78. The summed E-state index contributed by atoms with van der Waals surface area (Å²) in [6.07, 6.45) is 1.89. The van der Waals surface area contributed by atoms with Gasteiger partial charge in [0.2, 0.25) is 0 Å². The molecule has 0 rings (SSSR count). The second-order valence-corrected chi connectivity index (χ2v) is 2.13. The number of nitriles is 1. The topological polar surface area (TPSA) is 70.3 Å². The molecule has 66 valence electrons. The Labute approximate surface area is 71.1 Å². The number of ether oxygens (including phenoxy) is 1. The monoisotopic (exact) mass is 169 g/mol. The van der Waals surface area contributed by atoms with Crippen molar-refractivity contribution in [1.82, 2.24) is 0 Å². The van der Waals surface area contributed by atoms with Gasteiger partial charge in [-0.3, -0.25) is 0 Å². The number of allylic oxidation sites excluding steroid dienone is 1. The summed E-state index contributed by atoms with van der Waals surface area (Å²) in [4.78, 5) is 10.5. The summed E-state index contributed by atoms with van der Waals surface area (Å²) in [6, 6.07) is 1.80. The van der Waals surface area contributed by atoms with Crippen molar-refractivity contribution in [2.75, 3.05) is 6.61 Å². The van der Waals surface area contributed by atoms with E-state index in [-0.39, 0.29) is 0 Å². The van der Waals surface area contributed by atoms with E-state index in [0.29, 0.717) is 12.8 Å². The molecule has 0 bridgehead atoms. The minimum Gasteiger partial charge on any atom is -0.445 e. The zero-order valence-electron chi connectivity index (χ0n) is 6.69. The van der Waals surface area contributed by atoms with Gasteiger partial charge in [-0.05, 0) is 6.42 Å². The van der Waals surface area contributed by atoms with Gasteiger partial charge < -0.3 is 9.84 Å². The lowest BCUT2D eigenvalue weighted by Crippen LogP contribution is -2.18. The van der Waals surface area contributed by atoms with Gasteiger partial charge in [0.25, 0.3) is 0 Å². The number of hydrogen-bond donors (Lipinski definition) is 1. The van der Waals surface area contributed by atoms with Gasteiger partial charge in [0, 0.05) is 6.42 Å². The van der Waals surface area contributed by atoms with Crippen LogP contribution in [0.3, 0.4) is 0 Å². The van der Waals surface area contributed by atoms with Gasteiger partial charge in [0.15, 0.2) is 6.10 Å². The van der Waals surface area contributed by atoms with Gasteiger partial charge in [-0.25, -0.2) is 4.79 Å². The van der Waals surface area contributed by atoms with Gasteiger partial charge in [-0.1, -0.05) is 6.08 Å². The molecule has 0 aliphatic rings. The van der Waals surface area contributed by atoms with Crippen LogP contribution in [-0.4, -0.2) is 23.8 Å². The van der Waals surface area contributed by atoms with Crippen LogP contribution in [0.5, 0.6) is 0 Å². The van der Waals surface area contributed by atoms with Crippen molar-refractivity contribution in [2.24, 2.45) is 0 Å². The van der Waals surface area contributed by atoms with Crippen LogP contribution in [0.25, 0.3) is 0 Å². The minimum absolute atomic E-state index is 0.422. The summed E-state index contributed by atoms with van der Waals surface area (Å²) < 4.78 is 4.55. The van der Waals surface area contributed by atoms with Crippen molar-refractivity contribution in [1.29, 1.82) is 5.26 Å². The number of nitrogens with zero attached hydrogens (tertiary/aromatic N) is 1. The lowest BCUT2D eigenvalue weighted by molar-refractivity contribution is -0.150. The first kappa shape index (κ1) is 10.7. The Bertz CT molecular complexity index is 195. The third-order valence-electron chi connectivity index (χ3n) is 1.18. The fourth-order valence-corrected chi connectivity index (χ4v) is 0.615. The zero-order valence-corrected chi connectivity index (χ0v) is 6.69. The molecule has 0 aliphatic heterocycles. The van der Waals surface area contributed by atoms with Crippen LogP contribution in [0.4, 0.5) is 0 Å². The van der Waals surface area contributed by atoms with Crippen molar-refractivity contribution < 1.29 is 14.6 Å². The highest BCUT2D eigenvalue weighted by Crippen LogP contribution is 2.01. The summed E-state index contributed by atoms with van der Waals surface area (Å²) in [5.41, 5.74) is 0. The molecule has 0 amide bonds. The Morgan fingerprint density at radius 2 is 2.50 bits per heavy atom. The van der Waals surface area contributed by atoms with Gasteiger partial charge in [-0.2, -0.15) is 5.26 Å². The average Bonchev–Trinajstić information content (AvgIpc) is 2.11. The summed E-state index contributed by atoms with van der Waals surface area (Å²) in [5, 5.41) is 16.8. The summed E-state index contributed by atoms with van der Waals surface area (Å²) in [5.74, 6) is -0.773. The molecule has 0 aromatic carbocycles. The van der Waals surface area contributed by atoms with E-state index in [1.165, 1.54) is 0 Å². The number of carbonyl (C=O) groups excluding carboxylic acids is 1. The number of carbonyl (C=O) groups is 1. The van der Waals surface area contributed by atoms with Crippen molar-refractivity contribution in [3.8, 4) is 6.07 Å². The van der Waals surface area contributed by atoms with Gasteiger partial charge in [0.1, 0.15) is 12.7 Å². The molecule has 4 heteroatoms. The predicted molar refractivity (Wildman–Crippen MR) is 42.0 cm³/mol. The number of aliphatic hydroxyl groups excluding tert-OH is 1. The molecule has 0 heterocycles. The van der Waals surface area contributed by atoms with E-state index in [4.69, 9.17) is 10.4 Å². The smallest absolute Gasteiger partial charge is 0.333 e. The van der Waals surface area contributed by atoms with Crippen LogP contribution in [-0.2, 0) is 9.53 Å². The summed E-state index contributed by atoms with van der Waals surface area (Å²) >= 11 is 0. The predicted octanol–water partition coefficient (Wildman–Crippen LogP) is 0.380. The van der Waals surface area contributed by atoms with Crippen LogP contribution in [0.2, 0.25) is 0 Å². The maximum absolute atomic E-state index is 10.5. The third kappa shape index (κ3) is 4.47. The van der Waals surface area contributed by atoms with Crippen molar-refractivity contribution >= 4 is 5.97 Å². The fourth-order valence-electron chi connectivity index (χ4n) is 0.615. The molecule has 0 aromatic heterocycles. The first-order chi connectivity index (χ1) is 5.74. The first-order valence-corrected chi connectivity index (χ1v) is 3.55. The Hall–Kier alpha value is -1.34. The second kappa shape index (κ2) is 6.38. The SMILES string of the molecule is C=CCCC(C#N)OC(=O)CO. The number of hydrogen-bond acceptors (Lipinski definition) is 4. The van der Waals surface area contributed by atoms with Crippen LogP contribution in [0, 0.1) is 11.3 Å². The molecule has 0 aromatic rings. The van der Waals surface area contributed by atoms with E-state index in [9.17, 15) is 4.79 Å². The van der Waals surface area contributed by atoms with Crippen LogP contribution in [0.15, 0.2) is 12.7 Å². The van der Waals surface area contributed by atoms with Crippen molar-refractivity contribution in [3.05, 3.63) is 12.7 Å². The Kier molecular flexibility index (Phi) is 5.66. The quantitative estimate of drug-likeness (QED) is 0.477. The molecular formula is C8H11NO3. The standard InChI is InChI=1S/C8H11NO3/c1-2-3-4-7(5-9)12-8(11)6-10/h2,7,10H,1,3-4,6H2. The molecule has 0 radical (unpaired) electrons. The molecule has 12 heavy (non-hydrogen) atoms. The van der Waals surface area contributed by atoms with E-state index in [1.54, 1.807) is 12.1 Å². The van der Waals surface area contributed by atoms with E-state index in [0.717, 1.165) is 0 Å². The average molecular weight is 169 g/mol. The highest BCUT2D eigenvalue weighted by Gasteiger charge is 2.10. The summed E-state index contributed by atoms with van der Waals surface area (Å²) in [7, 11) is 0. The van der Waals surface area contributed by atoms with Crippen LogP contribution < -0.4 is 0 Å². The number of esters is 1. The van der Waals surface area contributed by atoms with E-state index in [2.05, 4.69) is 11.3 Å². The van der Waals surface area contributed by atoms with Crippen LogP contribution in [0.1, 0.15) is 12.8 Å². The Morgan fingerprint density at radius 1 is 1.83 bits per heavy atom. The molecule has 1 unspecified atom stereocenters. The molecule has 0 aliphatic carbocycles. The third-order valence-corrected chi connectivity index (χ3v) is 1.18. The lowest BCUT2D eigenvalue weighted by atomic mass is 10.2. The van der Waals surface area contributed by atoms with Gasteiger partial charge >= 0.3 is 5.97 Å². The molecule has 1 N–H and O–H groups in total. The fraction of sp³-hybridized carbons (Fsp3) is 0.500. The van der Waals surface area contributed by atoms with Gasteiger partial charge in [0.05, 0.1) is 0 Å². The second-order valence-electron chi connectivity index (χ2n) is 2.13. The van der Waals surface area contributed by atoms with Gasteiger partial charge in [-0.15, -0.1) is 6.58 Å². The molecule has 1 atom stereocenters. The first-order valence-electron chi connectivity index (χ1n) is 3.55. The Morgan fingerprint density at radius 3 is 2.92 bits per heavy atom. The molecule has 0 saturated heterocycles. The number of rotatable bonds is 5. The zero-order chi connectivity index (χ0) is 9.40. The van der Waals surface area contributed by atoms with E-state index in [1.807, 2.05) is 0 Å². The number of aliphatic hydroxyl groups is 1. The molecular weight excluding hydrogens is 158 g/mol. The molecule has 0 fully saturated rings. The molecule has 0 spiro atoms. The maximum Gasteiger partial charge on any atom is 0.333 e.